The number of halogens is 3. The maximum Gasteiger partial charge on any atom is 0.451 e. The molecule has 0 spiro atoms. The molecule has 7 heteroatoms. The van der Waals surface area contributed by atoms with Crippen LogP contribution in [0.1, 0.15) is 63.0 Å². The molecule has 114 valence electrons. The van der Waals surface area contributed by atoms with E-state index in [9.17, 15) is 13.2 Å². The molecule has 4 nitrogen and oxygen atoms in total. The molecule has 0 amide bonds. The molecule has 0 N–H and O–H groups in total. The van der Waals surface area contributed by atoms with Crippen molar-refractivity contribution in [3.05, 3.63) is 17.8 Å². The first-order chi connectivity index (χ1) is 9.88. The van der Waals surface area contributed by atoms with Crippen molar-refractivity contribution in [2.24, 2.45) is 0 Å². The molecule has 0 bridgehead atoms. The van der Waals surface area contributed by atoms with E-state index < -0.39 is 12.0 Å². The quantitative estimate of drug-likeness (QED) is 0.839. The number of hydrogen-bond acceptors (Lipinski definition) is 3. The molecule has 0 unspecified atom stereocenters. The summed E-state index contributed by atoms with van der Waals surface area (Å²) in [6, 6.07) is 0.200. The highest BCUT2D eigenvalue weighted by Gasteiger charge is 2.36. The normalized spacial score (nSPS) is 17.2. The van der Waals surface area contributed by atoms with Crippen LogP contribution in [-0.4, -0.2) is 19.5 Å². The van der Waals surface area contributed by atoms with Gasteiger partial charge in [0.05, 0.1) is 12.0 Å². The van der Waals surface area contributed by atoms with E-state index in [1.165, 1.54) is 0 Å². The first kappa shape index (κ1) is 14.3. The van der Waals surface area contributed by atoms with Gasteiger partial charge in [-0.2, -0.15) is 13.2 Å². The molecule has 3 rings (SSSR count). The summed E-state index contributed by atoms with van der Waals surface area (Å²) in [5.74, 6) is -1.21. The topological polar surface area (TPSA) is 43.6 Å². The fourth-order valence-corrected chi connectivity index (χ4v) is 2.92. The highest BCUT2D eigenvalue weighted by Crippen LogP contribution is 2.34. The highest BCUT2D eigenvalue weighted by atomic mass is 19.4. The van der Waals surface area contributed by atoms with Crippen molar-refractivity contribution in [3.63, 3.8) is 0 Å². The standard InChI is InChI=1S/C14H17F3N4/c1-8(2)10-11-12(20-13(19-10)14(15,16)17)21(7-18-11)9-5-3-4-6-9/h7-9H,3-6H2,1-2H3. The number of rotatable bonds is 2. The SMILES string of the molecule is CC(C)c1nc(C(F)(F)F)nc2c1ncn2C1CCCC1. The zero-order chi connectivity index (χ0) is 15.2. The second-order valence-corrected chi connectivity index (χ2v) is 5.85. The number of alkyl halides is 3. The maximum atomic E-state index is 13.0. The van der Waals surface area contributed by atoms with Gasteiger partial charge in [-0.1, -0.05) is 26.7 Å². The van der Waals surface area contributed by atoms with Crippen LogP contribution in [0.3, 0.4) is 0 Å². The van der Waals surface area contributed by atoms with Crippen molar-refractivity contribution in [2.75, 3.05) is 0 Å². The summed E-state index contributed by atoms with van der Waals surface area (Å²) in [6.07, 6.45) is 1.20. The summed E-state index contributed by atoms with van der Waals surface area (Å²) >= 11 is 0. The zero-order valence-corrected chi connectivity index (χ0v) is 12.0. The molecule has 0 aliphatic heterocycles. The molecular weight excluding hydrogens is 281 g/mol. The van der Waals surface area contributed by atoms with Crippen LogP contribution in [0.2, 0.25) is 0 Å². The number of fused-ring (bicyclic) bond motifs is 1. The third-order valence-electron chi connectivity index (χ3n) is 3.97. The summed E-state index contributed by atoms with van der Waals surface area (Å²) in [7, 11) is 0. The van der Waals surface area contributed by atoms with E-state index in [0.29, 0.717) is 16.9 Å². The van der Waals surface area contributed by atoms with Crippen molar-refractivity contribution in [2.45, 2.75) is 57.7 Å². The van der Waals surface area contributed by atoms with E-state index >= 15 is 0 Å². The molecule has 0 aromatic carbocycles. The minimum Gasteiger partial charge on any atom is -0.312 e. The van der Waals surface area contributed by atoms with Crippen LogP contribution in [0.15, 0.2) is 6.33 Å². The van der Waals surface area contributed by atoms with Gasteiger partial charge >= 0.3 is 6.18 Å². The second-order valence-electron chi connectivity index (χ2n) is 5.85. The smallest absolute Gasteiger partial charge is 0.312 e. The van der Waals surface area contributed by atoms with Gasteiger partial charge < -0.3 is 4.57 Å². The summed E-state index contributed by atoms with van der Waals surface area (Å²) < 4.78 is 40.9. The summed E-state index contributed by atoms with van der Waals surface area (Å²) in [6.45, 7) is 3.63. The Bertz CT molecular complexity index is 654. The Kier molecular flexibility index (Phi) is 3.37. The highest BCUT2D eigenvalue weighted by molar-refractivity contribution is 5.74. The Morgan fingerprint density at radius 3 is 2.43 bits per heavy atom. The first-order valence-electron chi connectivity index (χ1n) is 7.19. The Morgan fingerprint density at radius 1 is 1.19 bits per heavy atom. The predicted molar refractivity (Wildman–Crippen MR) is 71.9 cm³/mol. The van der Waals surface area contributed by atoms with Gasteiger partial charge in [-0.15, -0.1) is 0 Å². The summed E-state index contributed by atoms with van der Waals surface area (Å²) in [5.41, 5.74) is 1.17. The van der Waals surface area contributed by atoms with Crippen LogP contribution in [0.5, 0.6) is 0 Å². The predicted octanol–water partition coefficient (Wildman–Crippen LogP) is 4.08. The lowest BCUT2D eigenvalue weighted by Crippen LogP contribution is -2.15. The molecule has 1 aliphatic carbocycles. The van der Waals surface area contributed by atoms with E-state index in [1.54, 1.807) is 10.9 Å². The van der Waals surface area contributed by atoms with Gasteiger partial charge in [-0.05, 0) is 18.8 Å². The maximum absolute atomic E-state index is 13.0. The largest absolute Gasteiger partial charge is 0.451 e. The summed E-state index contributed by atoms with van der Waals surface area (Å²) in [5, 5.41) is 0. The lowest BCUT2D eigenvalue weighted by molar-refractivity contribution is -0.144. The van der Waals surface area contributed by atoms with Crippen LogP contribution in [0.25, 0.3) is 11.2 Å². The number of imidazole rings is 1. The number of nitrogens with zero attached hydrogens (tertiary/aromatic N) is 4. The number of hydrogen-bond donors (Lipinski definition) is 0. The van der Waals surface area contributed by atoms with Crippen LogP contribution >= 0.6 is 0 Å². The third-order valence-corrected chi connectivity index (χ3v) is 3.97. The first-order valence-corrected chi connectivity index (χ1v) is 7.19. The molecular formula is C14H17F3N4. The minimum absolute atomic E-state index is 0.136. The molecule has 2 aromatic heterocycles. The van der Waals surface area contributed by atoms with E-state index in [-0.39, 0.29) is 12.0 Å². The van der Waals surface area contributed by atoms with E-state index in [4.69, 9.17) is 0 Å². The average Bonchev–Trinajstić information content (AvgIpc) is 3.04. The van der Waals surface area contributed by atoms with Crippen LogP contribution in [0.4, 0.5) is 13.2 Å². The Labute approximate surface area is 120 Å². The fourth-order valence-electron chi connectivity index (χ4n) is 2.92. The van der Waals surface area contributed by atoms with Crippen molar-refractivity contribution >= 4 is 11.2 Å². The monoisotopic (exact) mass is 298 g/mol. The lowest BCUT2D eigenvalue weighted by Gasteiger charge is -2.14. The van der Waals surface area contributed by atoms with Crippen LogP contribution in [0, 0.1) is 0 Å². The molecule has 1 saturated carbocycles. The van der Waals surface area contributed by atoms with Crippen molar-refractivity contribution in [3.8, 4) is 0 Å². The van der Waals surface area contributed by atoms with Crippen LogP contribution in [-0.2, 0) is 6.18 Å². The van der Waals surface area contributed by atoms with Gasteiger partial charge in [0.2, 0.25) is 5.82 Å². The number of aromatic nitrogens is 4. The van der Waals surface area contributed by atoms with Crippen molar-refractivity contribution in [1.29, 1.82) is 0 Å². The molecule has 21 heavy (non-hydrogen) atoms. The van der Waals surface area contributed by atoms with Crippen molar-refractivity contribution in [1.82, 2.24) is 19.5 Å². The molecule has 1 fully saturated rings. The third kappa shape index (κ3) is 2.49. The van der Waals surface area contributed by atoms with Gasteiger partial charge in [0.15, 0.2) is 5.65 Å². The summed E-state index contributed by atoms with van der Waals surface area (Å²) in [4.78, 5) is 11.7. The van der Waals surface area contributed by atoms with Crippen LogP contribution < -0.4 is 0 Å². The Balaban J connectivity index is 2.21. The molecule has 2 aromatic rings. The van der Waals surface area contributed by atoms with Gasteiger partial charge in [-0.3, -0.25) is 0 Å². The molecule has 0 radical (unpaired) electrons. The van der Waals surface area contributed by atoms with Gasteiger partial charge in [0.25, 0.3) is 0 Å². The van der Waals surface area contributed by atoms with E-state index in [0.717, 1.165) is 25.7 Å². The lowest BCUT2D eigenvalue weighted by atomic mass is 10.1. The molecule has 1 aliphatic rings. The van der Waals surface area contributed by atoms with Crippen molar-refractivity contribution < 1.29 is 13.2 Å². The Morgan fingerprint density at radius 2 is 1.86 bits per heavy atom. The second kappa shape index (κ2) is 4.96. The minimum atomic E-state index is -4.54. The molecule has 0 saturated heterocycles. The average molecular weight is 298 g/mol. The fraction of sp³-hybridized carbons (Fsp3) is 0.643. The van der Waals surface area contributed by atoms with E-state index in [2.05, 4.69) is 15.0 Å². The molecule has 2 heterocycles. The Hall–Kier alpha value is -1.66. The zero-order valence-electron chi connectivity index (χ0n) is 12.0. The van der Waals surface area contributed by atoms with Gasteiger partial charge in [0.1, 0.15) is 5.52 Å². The van der Waals surface area contributed by atoms with Gasteiger partial charge in [0, 0.05) is 6.04 Å². The van der Waals surface area contributed by atoms with E-state index in [1.807, 2.05) is 13.8 Å². The van der Waals surface area contributed by atoms with Gasteiger partial charge in [-0.25, -0.2) is 15.0 Å². The molecule has 0 atom stereocenters.